The normalized spacial score (nSPS) is 15.8. The van der Waals surface area contributed by atoms with E-state index in [-0.39, 0.29) is 103 Å². The van der Waals surface area contributed by atoms with Crippen molar-refractivity contribution in [3.05, 3.63) is 0 Å². The third kappa shape index (κ3) is 36.9. The zero-order valence-electron chi connectivity index (χ0n) is 52.3. The highest BCUT2D eigenvalue weighted by molar-refractivity contribution is 7.52. The van der Waals surface area contributed by atoms with Gasteiger partial charge in [0.1, 0.15) is 32.5 Å². The first-order valence-corrected chi connectivity index (χ1v) is 33.8. The SMILES string of the molecule is CNC(=O)CCCCCCCC(=O)O[C@H](COC(=O)CCCCCCCC(=O)ON1C(=O)CCC1=O)CO[P+]([O-])(O)OCC(O)COPOC[C@@H](COC(=O)CCCCCCCC(=O)ON1C(=O)CCC1=O)OC(=O)CCCCCCCC(=O)ON1C(=O)CCC1=O. The summed E-state index contributed by atoms with van der Waals surface area (Å²) < 4.78 is 42.6. The first-order valence-electron chi connectivity index (χ1n) is 31.4. The fourth-order valence-corrected chi connectivity index (χ4v) is 10.2. The molecule has 5 atom stereocenters. The van der Waals surface area contributed by atoms with Crippen molar-refractivity contribution in [2.75, 3.05) is 46.7 Å². The van der Waals surface area contributed by atoms with Crippen LogP contribution >= 0.6 is 17.2 Å². The predicted molar refractivity (Wildman–Crippen MR) is 314 cm³/mol. The highest BCUT2D eigenvalue weighted by Crippen LogP contribution is 2.47. The number of aliphatic hydroxyl groups is 1. The number of nitrogens with zero attached hydrogens (tertiary/aromatic N) is 3. The van der Waals surface area contributed by atoms with Crippen LogP contribution in [0.4, 0.5) is 0 Å². The average molecular weight is 1350 g/mol. The maximum atomic E-state index is 12.9. The fraction of sp³-hybridized carbons (Fsp3) is 0.759. The molecule has 3 unspecified atom stereocenters. The fourth-order valence-electron chi connectivity index (χ4n) is 8.81. The van der Waals surface area contributed by atoms with Crippen LogP contribution in [0.15, 0.2) is 0 Å². The molecule has 3 rings (SSSR count). The van der Waals surface area contributed by atoms with Crippen LogP contribution in [0.25, 0.3) is 0 Å². The van der Waals surface area contributed by atoms with E-state index < -0.39 is 139 Å². The second kappa shape index (κ2) is 46.8. The van der Waals surface area contributed by atoms with Gasteiger partial charge in [-0.1, -0.05) is 77.0 Å². The number of hydrogen-bond donors (Lipinski definition) is 3. The van der Waals surface area contributed by atoms with Crippen molar-refractivity contribution in [2.24, 2.45) is 0 Å². The van der Waals surface area contributed by atoms with Gasteiger partial charge in [0.25, 0.3) is 35.4 Å². The van der Waals surface area contributed by atoms with Crippen LogP contribution in [0.2, 0.25) is 0 Å². The Balaban J connectivity index is 1.41. The number of carbonyl (C=O) groups is 14. The number of aliphatic hydroxyl groups excluding tert-OH is 1. The van der Waals surface area contributed by atoms with E-state index in [9.17, 15) is 82.0 Å². The van der Waals surface area contributed by atoms with E-state index in [1.807, 2.05) is 0 Å². The first kappa shape index (κ1) is 80.0. The number of nitrogens with one attached hydrogen (secondary N) is 1. The van der Waals surface area contributed by atoms with Gasteiger partial charge in [0.05, 0.1) is 13.2 Å². The third-order valence-corrected chi connectivity index (χ3v) is 15.4. The van der Waals surface area contributed by atoms with E-state index in [4.69, 9.17) is 51.6 Å². The van der Waals surface area contributed by atoms with Gasteiger partial charge < -0.3 is 57.8 Å². The highest BCUT2D eigenvalue weighted by Gasteiger charge is 2.36. The first-order chi connectivity index (χ1) is 44.0. The van der Waals surface area contributed by atoms with Crippen LogP contribution in [-0.4, -0.2) is 173 Å². The zero-order valence-corrected chi connectivity index (χ0v) is 54.2. The monoisotopic (exact) mass is 1350 g/mol. The molecule has 3 aliphatic rings. The molecule has 0 aromatic rings. The van der Waals surface area contributed by atoms with Crippen LogP contribution in [0.5, 0.6) is 0 Å². The highest BCUT2D eigenvalue weighted by atomic mass is 31.2. The van der Waals surface area contributed by atoms with Crippen molar-refractivity contribution in [3.8, 4) is 0 Å². The van der Waals surface area contributed by atoms with Crippen molar-refractivity contribution < 1.29 is 134 Å². The van der Waals surface area contributed by atoms with Crippen LogP contribution in [-0.2, 0) is 119 Å². The minimum absolute atomic E-state index is 0.00462. The largest absolute Gasteiger partial charge is 0.606 e. The quantitative estimate of drug-likeness (QED) is 0.0250. The Bertz CT molecular complexity index is 2370. The van der Waals surface area contributed by atoms with Gasteiger partial charge in [-0.25, -0.2) is 14.4 Å². The summed E-state index contributed by atoms with van der Waals surface area (Å²) >= 11 is 0. The lowest BCUT2D eigenvalue weighted by molar-refractivity contribution is -0.247. The summed E-state index contributed by atoms with van der Waals surface area (Å²) in [5.74, 6) is -8.20. The number of esters is 4. The number of hydrogen-bond acceptors (Lipinski definition) is 28. The molecule has 0 spiro atoms. The Morgan fingerprint density at radius 1 is 0.413 bits per heavy atom. The standard InChI is InChI=1S/C58H90N4O28P2/c1-59-45(64)22-14-6-2-9-17-26-55(74)87-44(39-81-53(72)24-16-8-4-12-20-28-57(76)89-61-48(67)32-33-49(61)68)41-85-92(78,79)84-37-42(63)36-82-91-83-40-43(86-54(73)25-18-10-5-13-21-29-58(77)90-62-50(69)34-35-51(62)70)38-80-52(71)23-15-7-3-11-19-27-56(75)88-60-46(65)30-31-47(60)66/h42-44,63,91H,2-41H2,1H3,(H,59,64)(H,78,79)/t42?,43-,44-/m1/s1. The van der Waals surface area contributed by atoms with Crippen molar-refractivity contribution in [1.82, 2.24) is 20.5 Å². The molecule has 0 aromatic heterocycles. The van der Waals surface area contributed by atoms with Crippen LogP contribution in [0.3, 0.4) is 0 Å². The molecule has 32 nitrogen and oxygen atoms in total. The van der Waals surface area contributed by atoms with Crippen LogP contribution in [0.1, 0.15) is 218 Å². The molecule has 3 aliphatic heterocycles. The molecular formula is C58H90N4O28P2. The lowest BCUT2D eigenvalue weighted by Crippen LogP contribution is -2.32. The van der Waals surface area contributed by atoms with Gasteiger partial charge in [0, 0.05) is 96.9 Å². The number of ether oxygens (including phenoxy) is 4. The number of carbonyl (C=O) groups excluding carboxylic acids is 14. The number of phosphoric ester groups is 1. The summed E-state index contributed by atoms with van der Waals surface area (Å²) in [5.41, 5.74) is 0. The Morgan fingerprint density at radius 2 is 0.696 bits per heavy atom. The van der Waals surface area contributed by atoms with E-state index in [1.54, 1.807) is 7.05 Å². The molecule has 0 aliphatic carbocycles. The summed E-state index contributed by atoms with van der Waals surface area (Å²) in [6.45, 7) is -3.31. The van der Waals surface area contributed by atoms with Gasteiger partial charge >= 0.3 is 50.0 Å². The van der Waals surface area contributed by atoms with Gasteiger partial charge in [-0.3, -0.25) is 52.7 Å². The van der Waals surface area contributed by atoms with E-state index in [0.717, 1.165) is 12.8 Å². The van der Waals surface area contributed by atoms with Gasteiger partial charge in [-0.2, -0.15) is 13.9 Å². The van der Waals surface area contributed by atoms with Crippen LogP contribution < -0.4 is 10.2 Å². The van der Waals surface area contributed by atoms with E-state index in [0.29, 0.717) is 137 Å². The zero-order chi connectivity index (χ0) is 67.5. The average Bonchev–Trinajstić information content (AvgIpc) is 2.13. The molecule has 7 amide bonds. The van der Waals surface area contributed by atoms with Gasteiger partial charge in [0.15, 0.2) is 21.2 Å². The maximum Gasteiger partial charge on any atom is 0.377 e. The lowest BCUT2D eigenvalue weighted by Gasteiger charge is -2.24. The second-order valence-electron chi connectivity index (χ2n) is 21.9. The number of hydroxylamine groups is 6. The number of unbranched alkanes of at least 4 members (excludes halogenated alkanes) is 16. The predicted octanol–water partition coefficient (Wildman–Crippen LogP) is 4.35. The smallest absolute Gasteiger partial charge is 0.377 e. The Hall–Kier alpha value is -6.24. The van der Waals surface area contributed by atoms with Gasteiger partial charge in [-0.05, 0) is 51.4 Å². The van der Waals surface area contributed by atoms with Crippen LogP contribution in [0, 0.1) is 0 Å². The molecule has 0 bridgehead atoms. The molecule has 520 valence electrons. The summed E-state index contributed by atoms with van der Waals surface area (Å²) in [5, 5.41) is 14.5. The Kier molecular flexibility index (Phi) is 40.7. The summed E-state index contributed by atoms with van der Waals surface area (Å²) in [7, 11) is -4.20. The molecule has 0 radical (unpaired) electrons. The Labute approximate surface area is 536 Å². The molecule has 3 fully saturated rings. The molecule has 92 heavy (non-hydrogen) atoms. The number of rotatable bonds is 53. The summed E-state index contributed by atoms with van der Waals surface area (Å²) in [6, 6.07) is 0. The van der Waals surface area contributed by atoms with Crippen molar-refractivity contribution in [2.45, 2.75) is 237 Å². The molecule has 0 aromatic carbocycles. The summed E-state index contributed by atoms with van der Waals surface area (Å²) in [6.07, 6.45) is 7.52. The van der Waals surface area contributed by atoms with E-state index >= 15 is 0 Å². The summed E-state index contributed by atoms with van der Waals surface area (Å²) in [4.78, 5) is 207. The van der Waals surface area contributed by atoms with Gasteiger partial charge in [0.2, 0.25) is 5.91 Å². The minimum Gasteiger partial charge on any atom is -0.606 e. The number of phosphoric acid groups is 1. The van der Waals surface area contributed by atoms with Crippen molar-refractivity contribution >= 4 is 100 Å². The molecule has 0 saturated carbocycles. The lowest BCUT2D eigenvalue weighted by atomic mass is 10.1. The number of imide groups is 3. The number of amides is 7. The van der Waals surface area contributed by atoms with E-state index in [2.05, 4.69) is 5.32 Å². The van der Waals surface area contributed by atoms with E-state index in [1.165, 1.54) is 0 Å². The molecule has 34 heteroatoms. The third-order valence-electron chi connectivity index (χ3n) is 13.9. The van der Waals surface area contributed by atoms with Crippen molar-refractivity contribution in [3.63, 3.8) is 0 Å². The van der Waals surface area contributed by atoms with Crippen molar-refractivity contribution in [1.29, 1.82) is 0 Å². The minimum atomic E-state index is -4.96. The molecular weight excluding hydrogens is 1260 g/mol. The molecule has 3 heterocycles. The second-order valence-corrected chi connectivity index (χ2v) is 24.1. The molecule has 3 N–H and O–H groups in total. The Morgan fingerprint density at radius 3 is 1.04 bits per heavy atom. The molecule has 3 saturated heterocycles. The maximum absolute atomic E-state index is 12.9. The van der Waals surface area contributed by atoms with Gasteiger partial charge in [-0.15, -0.1) is 15.2 Å². The topological polar surface area (TPSA) is 426 Å².